The minimum atomic E-state index is 0.745. The quantitative estimate of drug-likeness (QED) is 0.726. The Kier molecular flexibility index (Phi) is 5.63. The summed E-state index contributed by atoms with van der Waals surface area (Å²) in [6.07, 6.45) is 8.04. The van der Waals surface area contributed by atoms with Gasteiger partial charge < -0.3 is 0 Å². The van der Waals surface area contributed by atoms with E-state index in [1.165, 1.54) is 32.2 Å². The summed E-state index contributed by atoms with van der Waals surface area (Å²) < 4.78 is 2.06. The van der Waals surface area contributed by atoms with Crippen LogP contribution in [-0.2, 0) is 13.1 Å². The third-order valence-corrected chi connectivity index (χ3v) is 4.21. The van der Waals surface area contributed by atoms with E-state index in [0.717, 1.165) is 36.7 Å². The van der Waals surface area contributed by atoms with Crippen LogP contribution in [0.2, 0.25) is 0 Å². The van der Waals surface area contributed by atoms with Gasteiger partial charge in [0.05, 0.1) is 6.54 Å². The number of halogens is 1. The molecule has 1 atom stereocenters. The van der Waals surface area contributed by atoms with E-state index in [1.807, 2.05) is 0 Å². The number of rotatable bonds is 7. The van der Waals surface area contributed by atoms with E-state index in [-0.39, 0.29) is 0 Å². The molecule has 1 saturated heterocycles. The van der Waals surface area contributed by atoms with Crippen LogP contribution in [0.4, 0.5) is 0 Å². The molecular formula is C13H23BrN4. The topological polar surface area (TPSA) is 34.0 Å². The summed E-state index contributed by atoms with van der Waals surface area (Å²) in [5.74, 6) is 1.13. The highest BCUT2D eigenvalue weighted by molar-refractivity contribution is 9.09. The van der Waals surface area contributed by atoms with Crippen LogP contribution in [0.25, 0.3) is 0 Å². The zero-order valence-electron chi connectivity index (χ0n) is 11.2. The molecule has 18 heavy (non-hydrogen) atoms. The van der Waals surface area contributed by atoms with Gasteiger partial charge in [-0.05, 0) is 38.6 Å². The molecule has 2 rings (SSSR count). The standard InChI is InChI=1S/C13H23BrN4/c1-2-8-18-13(15-11-16-18)10-17-9-4-6-12(17)5-3-7-14/h11-12H,2-10H2,1H3. The number of aryl methyl sites for hydroxylation is 1. The van der Waals surface area contributed by atoms with Crippen LogP contribution < -0.4 is 0 Å². The second-order valence-corrected chi connectivity index (χ2v) is 5.79. The van der Waals surface area contributed by atoms with Crippen LogP contribution in [0.5, 0.6) is 0 Å². The molecule has 1 aliphatic rings. The number of nitrogens with zero attached hydrogens (tertiary/aromatic N) is 4. The molecule has 0 radical (unpaired) electrons. The Labute approximate surface area is 118 Å². The van der Waals surface area contributed by atoms with Crippen molar-refractivity contribution in [2.75, 3.05) is 11.9 Å². The minimum Gasteiger partial charge on any atom is -0.293 e. The number of hydrogen-bond acceptors (Lipinski definition) is 3. The summed E-state index contributed by atoms with van der Waals surface area (Å²) >= 11 is 3.52. The molecule has 4 nitrogen and oxygen atoms in total. The monoisotopic (exact) mass is 314 g/mol. The number of aromatic nitrogens is 3. The van der Waals surface area contributed by atoms with Gasteiger partial charge in [-0.3, -0.25) is 4.90 Å². The molecule has 0 amide bonds. The first-order valence-electron chi connectivity index (χ1n) is 7.01. The summed E-state index contributed by atoms with van der Waals surface area (Å²) in [6, 6.07) is 0.745. The van der Waals surface area contributed by atoms with Crippen LogP contribution in [0.15, 0.2) is 6.33 Å². The lowest BCUT2D eigenvalue weighted by Crippen LogP contribution is -2.30. The molecule has 5 heteroatoms. The maximum atomic E-state index is 4.41. The molecule has 1 aromatic rings. The Morgan fingerprint density at radius 1 is 1.50 bits per heavy atom. The minimum absolute atomic E-state index is 0.745. The highest BCUT2D eigenvalue weighted by Crippen LogP contribution is 2.23. The molecule has 1 fully saturated rings. The van der Waals surface area contributed by atoms with E-state index < -0.39 is 0 Å². The third kappa shape index (κ3) is 3.54. The van der Waals surface area contributed by atoms with E-state index in [4.69, 9.17) is 0 Å². The molecule has 102 valence electrons. The summed E-state index contributed by atoms with van der Waals surface area (Å²) in [7, 11) is 0. The molecule has 1 aliphatic heterocycles. The van der Waals surface area contributed by atoms with Crippen LogP contribution in [-0.4, -0.2) is 37.6 Å². The predicted octanol–water partition coefficient (Wildman–Crippen LogP) is 2.83. The van der Waals surface area contributed by atoms with Gasteiger partial charge >= 0.3 is 0 Å². The van der Waals surface area contributed by atoms with Gasteiger partial charge in [0.1, 0.15) is 12.2 Å². The van der Waals surface area contributed by atoms with Gasteiger partial charge in [-0.25, -0.2) is 9.67 Å². The van der Waals surface area contributed by atoms with Crippen molar-refractivity contribution in [1.29, 1.82) is 0 Å². The normalized spacial score (nSPS) is 20.7. The summed E-state index contributed by atoms with van der Waals surface area (Å²) in [6.45, 7) is 5.34. The van der Waals surface area contributed by atoms with Crippen LogP contribution >= 0.6 is 15.9 Å². The van der Waals surface area contributed by atoms with Gasteiger partial charge in [0.15, 0.2) is 0 Å². The molecule has 0 aliphatic carbocycles. The van der Waals surface area contributed by atoms with Gasteiger partial charge in [-0.2, -0.15) is 5.10 Å². The van der Waals surface area contributed by atoms with Crippen molar-refractivity contribution in [3.8, 4) is 0 Å². The van der Waals surface area contributed by atoms with E-state index >= 15 is 0 Å². The zero-order valence-corrected chi connectivity index (χ0v) is 12.8. The number of alkyl halides is 1. The Morgan fingerprint density at radius 3 is 3.17 bits per heavy atom. The lowest BCUT2D eigenvalue weighted by molar-refractivity contribution is 0.224. The molecule has 1 aromatic heterocycles. The van der Waals surface area contributed by atoms with Crippen LogP contribution in [0.3, 0.4) is 0 Å². The molecule has 1 unspecified atom stereocenters. The molecule has 2 heterocycles. The zero-order chi connectivity index (χ0) is 12.8. The number of likely N-dealkylation sites (tertiary alicyclic amines) is 1. The predicted molar refractivity (Wildman–Crippen MR) is 76.8 cm³/mol. The first-order chi connectivity index (χ1) is 8.85. The highest BCUT2D eigenvalue weighted by Gasteiger charge is 2.25. The van der Waals surface area contributed by atoms with E-state index in [0.29, 0.717) is 0 Å². The molecule has 0 saturated carbocycles. The van der Waals surface area contributed by atoms with Crippen LogP contribution in [0.1, 0.15) is 44.9 Å². The maximum absolute atomic E-state index is 4.41. The fourth-order valence-corrected chi connectivity index (χ4v) is 3.06. The van der Waals surface area contributed by atoms with Gasteiger partial charge in [0.2, 0.25) is 0 Å². The summed E-state index contributed by atoms with van der Waals surface area (Å²) in [5, 5.41) is 5.42. The second kappa shape index (κ2) is 7.24. The van der Waals surface area contributed by atoms with E-state index in [1.54, 1.807) is 6.33 Å². The highest BCUT2D eigenvalue weighted by atomic mass is 79.9. The smallest absolute Gasteiger partial charge is 0.141 e. The molecule has 0 spiro atoms. The summed E-state index contributed by atoms with van der Waals surface area (Å²) in [5.41, 5.74) is 0. The fourth-order valence-electron chi connectivity index (χ4n) is 2.73. The van der Waals surface area contributed by atoms with E-state index in [9.17, 15) is 0 Å². The van der Waals surface area contributed by atoms with Crippen molar-refractivity contribution in [2.24, 2.45) is 0 Å². The van der Waals surface area contributed by atoms with Crippen molar-refractivity contribution in [2.45, 2.75) is 58.2 Å². The van der Waals surface area contributed by atoms with Gasteiger partial charge in [0.25, 0.3) is 0 Å². The maximum Gasteiger partial charge on any atom is 0.141 e. The Hall–Kier alpha value is -0.420. The van der Waals surface area contributed by atoms with Crippen molar-refractivity contribution < 1.29 is 0 Å². The van der Waals surface area contributed by atoms with Crippen molar-refractivity contribution in [3.63, 3.8) is 0 Å². The van der Waals surface area contributed by atoms with Crippen LogP contribution in [0, 0.1) is 0 Å². The fraction of sp³-hybridized carbons (Fsp3) is 0.846. The Balaban J connectivity index is 1.92. The molecule has 0 N–H and O–H groups in total. The Bertz CT molecular complexity index is 353. The largest absolute Gasteiger partial charge is 0.293 e. The molecule has 0 aromatic carbocycles. The van der Waals surface area contributed by atoms with Gasteiger partial charge in [-0.15, -0.1) is 0 Å². The average molecular weight is 315 g/mol. The molecular weight excluding hydrogens is 292 g/mol. The molecule has 0 bridgehead atoms. The lowest BCUT2D eigenvalue weighted by atomic mass is 10.1. The van der Waals surface area contributed by atoms with Crippen molar-refractivity contribution >= 4 is 15.9 Å². The van der Waals surface area contributed by atoms with E-state index in [2.05, 4.69) is 42.5 Å². The van der Waals surface area contributed by atoms with Crippen molar-refractivity contribution in [1.82, 2.24) is 19.7 Å². The third-order valence-electron chi connectivity index (χ3n) is 3.65. The second-order valence-electron chi connectivity index (χ2n) is 5.00. The first-order valence-corrected chi connectivity index (χ1v) is 8.14. The first kappa shape index (κ1) is 14.0. The number of hydrogen-bond donors (Lipinski definition) is 0. The summed E-state index contributed by atoms with van der Waals surface area (Å²) in [4.78, 5) is 7.00. The Morgan fingerprint density at radius 2 is 2.39 bits per heavy atom. The van der Waals surface area contributed by atoms with Gasteiger partial charge in [-0.1, -0.05) is 22.9 Å². The SMILES string of the molecule is CCCn1ncnc1CN1CCCC1CCCBr. The van der Waals surface area contributed by atoms with Gasteiger partial charge in [0, 0.05) is 17.9 Å². The van der Waals surface area contributed by atoms with Crippen molar-refractivity contribution in [3.05, 3.63) is 12.2 Å². The lowest BCUT2D eigenvalue weighted by Gasteiger charge is -2.23. The average Bonchev–Trinajstić information content (AvgIpc) is 2.98.